The number of anilines is 1. The molecule has 0 aliphatic rings. The van der Waals surface area contributed by atoms with Crippen molar-refractivity contribution in [1.29, 1.82) is 0 Å². The van der Waals surface area contributed by atoms with Crippen LogP contribution in [0.15, 0.2) is 59.5 Å². The lowest BCUT2D eigenvalue weighted by molar-refractivity contribution is -0.117. The first-order valence-corrected chi connectivity index (χ1v) is 10.8. The fraction of sp³-hybridized carbons (Fsp3) is 0.240. The fourth-order valence-corrected chi connectivity index (χ4v) is 3.75. The maximum absolute atomic E-state index is 13.4. The van der Waals surface area contributed by atoms with Crippen molar-refractivity contribution in [1.82, 2.24) is 19.6 Å². The lowest BCUT2D eigenvalue weighted by Crippen LogP contribution is -2.31. The predicted octanol–water partition coefficient (Wildman–Crippen LogP) is 3.44. The highest BCUT2D eigenvalue weighted by molar-refractivity contribution is 5.93. The van der Waals surface area contributed by atoms with E-state index in [0.717, 1.165) is 11.3 Å². The van der Waals surface area contributed by atoms with Crippen molar-refractivity contribution in [2.45, 2.75) is 33.2 Å². The second-order valence-corrected chi connectivity index (χ2v) is 8.22. The van der Waals surface area contributed by atoms with Gasteiger partial charge in [-0.2, -0.15) is 10.2 Å². The molecule has 0 radical (unpaired) electrons. The average Bonchev–Trinajstić information content (AvgIpc) is 3.26. The number of benzene rings is 2. The predicted molar refractivity (Wildman–Crippen MR) is 128 cm³/mol. The fourth-order valence-electron chi connectivity index (χ4n) is 3.75. The summed E-state index contributed by atoms with van der Waals surface area (Å²) in [5.41, 5.74) is 3.27. The zero-order valence-electron chi connectivity index (χ0n) is 19.4. The Labute approximate surface area is 196 Å². The molecule has 0 atom stereocenters. The van der Waals surface area contributed by atoms with Crippen LogP contribution in [0.2, 0.25) is 0 Å². The second-order valence-electron chi connectivity index (χ2n) is 8.22. The van der Waals surface area contributed by atoms with Gasteiger partial charge in [0.1, 0.15) is 12.1 Å². The van der Waals surface area contributed by atoms with Gasteiger partial charge >= 0.3 is 5.97 Å². The number of esters is 1. The average molecular weight is 460 g/mol. The standard InChI is InChI=1S/C25H25N5O4/c1-15(2)22-19-13-26-30(20-8-6-5-7-16(20)3)23(19)24(32)29(28-22)14-21(31)27-18-11-9-17(10-12-18)25(33)34-4/h5-13,15H,14H2,1-4H3,(H,27,31). The van der Waals surface area contributed by atoms with Gasteiger partial charge in [0.2, 0.25) is 5.91 Å². The Balaban J connectivity index is 1.70. The molecule has 0 saturated heterocycles. The Morgan fingerprint density at radius 1 is 1.09 bits per heavy atom. The molecule has 174 valence electrons. The van der Waals surface area contributed by atoms with E-state index in [9.17, 15) is 14.4 Å². The van der Waals surface area contributed by atoms with Crippen LogP contribution in [0.5, 0.6) is 0 Å². The number of carbonyl (C=O) groups excluding carboxylic acids is 2. The summed E-state index contributed by atoms with van der Waals surface area (Å²) >= 11 is 0. The first-order valence-electron chi connectivity index (χ1n) is 10.8. The molecule has 0 saturated carbocycles. The summed E-state index contributed by atoms with van der Waals surface area (Å²) in [6.45, 7) is 5.63. The summed E-state index contributed by atoms with van der Waals surface area (Å²) in [6, 6.07) is 13.9. The second kappa shape index (κ2) is 9.30. The van der Waals surface area contributed by atoms with E-state index in [0.29, 0.717) is 27.8 Å². The number of methoxy groups -OCH3 is 1. The molecule has 2 aromatic heterocycles. The van der Waals surface area contributed by atoms with Gasteiger partial charge in [-0.15, -0.1) is 0 Å². The minimum absolute atomic E-state index is 0.0118. The van der Waals surface area contributed by atoms with Gasteiger partial charge in [0.15, 0.2) is 0 Å². The zero-order chi connectivity index (χ0) is 24.4. The molecule has 4 rings (SSSR count). The van der Waals surface area contributed by atoms with E-state index in [1.807, 2.05) is 45.0 Å². The molecular weight excluding hydrogens is 434 g/mol. The third-order valence-electron chi connectivity index (χ3n) is 5.48. The quantitative estimate of drug-likeness (QED) is 0.443. The van der Waals surface area contributed by atoms with Crippen LogP contribution in [0, 0.1) is 6.92 Å². The van der Waals surface area contributed by atoms with Crippen molar-refractivity contribution in [3.05, 3.63) is 81.9 Å². The molecule has 2 heterocycles. The zero-order valence-corrected chi connectivity index (χ0v) is 19.4. The van der Waals surface area contributed by atoms with E-state index in [2.05, 4.69) is 20.3 Å². The van der Waals surface area contributed by atoms with Crippen LogP contribution in [-0.2, 0) is 16.1 Å². The van der Waals surface area contributed by atoms with Crippen molar-refractivity contribution in [2.24, 2.45) is 0 Å². The SMILES string of the molecule is COC(=O)c1ccc(NC(=O)Cn2nc(C(C)C)c3cnn(-c4ccccc4C)c3c2=O)cc1. The molecule has 1 amide bonds. The number of ether oxygens (including phenoxy) is 1. The first-order chi connectivity index (χ1) is 16.3. The van der Waals surface area contributed by atoms with Crippen LogP contribution in [0.25, 0.3) is 16.6 Å². The van der Waals surface area contributed by atoms with E-state index >= 15 is 0 Å². The third kappa shape index (κ3) is 4.32. The number of hydrogen-bond donors (Lipinski definition) is 1. The maximum Gasteiger partial charge on any atom is 0.337 e. The van der Waals surface area contributed by atoms with E-state index in [1.165, 1.54) is 11.8 Å². The van der Waals surface area contributed by atoms with Crippen LogP contribution < -0.4 is 10.9 Å². The molecule has 2 aromatic carbocycles. The lowest BCUT2D eigenvalue weighted by atomic mass is 10.1. The number of fused-ring (bicyclic) bond motifs is 1. The van der Waals surface area contributed by atoms with Gasteiger partial charge in [0, 0.05) is 11.1 Å². The summed E-state index contributed by atoms with van der Waals surface area (Å²) < 4.78 is 7.46. The van der Waals surface area contributed by atoms with Gasteiger partial charge < -0.3 is 10.1 Å². The van der Waals surface area contributed by atoms with Crippen molar-refractivity contribution in [3.63, 3.8) is 0 Å². The van der Waals surface area contributed by atoms with Crippen molar-refractivity contribution in [3.8, 4) is 5.69 Å². The lowest BCUT2D eigenvalue weighted by Gasteiger charge is -2.13. The number of aryl methyl sites for hydroxylation is 1. The van der Waals surface area contributed by atoms with Gasteiger partial charge in [0.05, 0.1) is 30.3 Å². The van der Waals surface area contributed by atoms with Crippen molar-refractivity contribution in [2.75, 3.05) is 12.4 Å². The van der Waals surface area contributed by atoms with Gasteiger partial charge in [-0.05, 0) is 48.7 Å². The molecule has 1 N–H and O–H groups in total. The van der Waals surface area contributed by atoms with Crippen LogP contribution >= 0.6 is 0 Å². The molecule has 4 aromatic rings. The number of rotatable bonds is 6. The van der Waals surface area contributed by atoms with Crippen LogP contribution in [0.3, 0.4) is 0 Å². The maximum atomic E-state index is 13.4. The highest BCUT2D eigenvalue weighted by Crippen LogP contribution is 2.24. The first kappa shape index (κ1) is 22.9. The van der Waals surface area contributed by atoms with Gasteiger partial charge in [-0.1, -0.05) is 32.0 Å². The molecule has 9 heteroatoms. The van der Waals surface area contributed by atoms with Gasteiger partial charge in [-0.3, -0.25) is 9.59 Å². The molecule has 0 bridgehead atoms. The molecule has 0 fully saturated rings. The third-order valence-corrected chi connectivity index (χ3v) is 5.48. The number of nitrogens with zero attached hydrogens (tertiary/aromatic N) is 4. The smallest absolute Gasteiger partial charge is 0.337 e. The van der Waals surface area contributed by atoms with Crippen LogP contribution in [0.4, 0.5) is 5.69 Å². The monoisotopic (exact) mass is 459 g/mol. The summed E-state index contributed by atoms with van der Waals surface area (Å²) in [4.78, 5) is 37.8. The Morgan fingerprint density at radius 3 is 2.44 bits per heavy atom. The molecule has 0 aliphatic carbocycles. The number of hydrogen-bond acceptors (Lipinski definition) is 6. The van der Waals surface area contributed by atoms with E-state index in [1.54, 1.807) is 35.1 Å². The van der Waals surface area contributed by atoms with Crippen LogP contribution in [0.1, 0.15) is 41.4 Å². The normalized spacial score (nSPS) is 11.1. The minimum Gasteiger partial charge on any atom is -0.465 e. The minimum atomic E-state index is -0.464. The number of aromatic nitrogens is 4. The van der Waals surface area contributed by atoms with Crippen molar-refractivity contribution < 1.29 is 14.3 Å². The molecule has 34 heavy (non-hydrogen) atoms. The largest absolute Gasteiger partial charge is 0.465 e. The Bertz CT molecular complexity index is 1430. The summed E-state index contributed by atoms with van der Waals surface area (Å²) in [7, 11) is 1.30. The Hall–Kier alpha value is -4.27. The van der Waals surface area contributed by atoms with Gasteiger partial charge in [-0.25, -0.2) is 14.2 Å². The number of amides is 1. The Kier molecular flexibility index (Phi) is 6.27. The summed E-state index contributed by atoms with van der Waals surface area (Å²) in [5, 5.41) is 12.4. The van der Waals surface area contributed by atoms with Crippen LogP contribution in [-0.4, -0.2) is 38.5 Å². The van der Waals surface area contributed by atoms with E-state index in [4.69, 9.17) is 0 Å². The summed E-state index contributed by atoms with van der Waals surface area (Å²) in [6.07, 6.45) is 1.65. The van der Waals surface area contributed by atoms with E-state index in [-0.39, 0.29) is 12.5 Å². The number of para-hydroxylation sites is 1. The molecule has 0 spiro atoms. The van der Waals surface area contributed by atoms with E-state index < -0.39 is 17.4 Å². The Morgan fingerprint density at radius 2 is 1.79 bits per heavy atom. The van der Waals surface area contributed by atoms with Gasteiger partial charge in [0.25, 0.3) is 5.56 Å². The molecule has 0 unspecified atom stereocenters. The summed E-state index contributed by atoms with van der Waals surface area (Å²) in [5.74, 6) is -0.873. The number of carbonyl (C=O) groups is 2. The molecule has 9 nitrogen and oxygen atoms in total. The molecule has 0 aliphatic heterocycles. The highest BCUT2D eigenvalue weighted by Gasteiger charge is 2.20. The van der Waals surface area contributed by atoms with Crippen molar-refractivity contribution >= 4 is 28.5 Å². The molecular formula is C25H25N5O4. The highest BCUT2D eigenvalue weighted by atomic mass is 16.5. The number of nitrogens with one attached hydrogen (secondary N) is 1. The topological polar surface area (TPSA) is 108 Å².